The van der Waals surface area contributed by atoms with Crippen LogP contribution in [0.25, 0.3) is 0 Å². The van der Waals surface area contributed by atoms with Crippen LogP contribution in [0.15, 0.2) is 0 Å². The fraction of sp³-hybridized carbons (Fsp3) is 0.857. The number of likely N-dealkylation sites (N-methyl/N-ethyl adjacent to an activating group) is 1. The van der Waals surface area contributed by atoms with Crippen molar-refractivity contribution in [2.75, 3.05) is 46.5 Å². The van der Waals surface area contributed by atoms with E-state index in [9.17, 15) is 9.59 Å². The summed E-state index contributed by atoms with van der Waals surface area (Å²) in [7, 11) is 1.82. The average molecular weight is 282 g/mol. The summed E-state index contributed by atoms with van der Waals surface area (Å²) < 4.78 is 11.1. The van der Waals surface area contributed by atoms with Gasteiger partial charge in [-0.15, -0.1) is 0 Å². The molecule has 6 heteroatoms. The largest absolute Gasteiger partial charge is 0.381 e. The number of hydrogen-bond acceptors (Lipinski definition) is 4. The third kappa shape index (κ3) is 2.54. The molecule has 3 fully saturated rings. The molecule has 3 saturated heterocycles. The quantitative estimate of drug-likeness (QED) is 0.672. The normalized spacial score (nSPS) is 30.1. The van der Waals surface area contributed by atoms with E-state index < -0.39 is 0 Å². The molecule has 0 aromatic heterocycles. The van der Waals surface area contributed by atoms with Crippen molar-refractivity contribution in [3.8, 4) is 0 Å². The molecule has 0 aliphatic carbocycles. The molecule has 20 heavy (non-hydrogen) atoms. The number of hydrogen-bond donors (Lipinski definition) is 0. The summed E-state index contributed by atoms with van der Waals surface area (Å²) in [4.78, 5) is 27.5. The smallest absolute Gasteiger partial charge is 0.248 e. The van der Waals surface area contributed by atoms with Gasteiger partial charge in [0, 0.05) is 33.3 Å². The van der Waals surface area contributed by atoms with Crippen molar-refractivity contribution in [2.45, 2.75) is 24.9 Å². The topological polar surface area (TPSA) is 59.1 Å². The standard InChI is InChI=1S/C14H22N2O4/c1-15-10-14(20-9-12(15)17)3-5-16(6-4-14)13(18)11-2-7-19-8-11/h11H,2-10H2,1H3/t11-/m1/s1. The van der Waals surface area contributed by atoms with Gasteiger partial charge in [0.2, 0.25) is 11.8 Å². The average Bonchev–Trinajstić information content (AvgIpc) is 2.98. The van der Waals surface area contributed by atoms with E-state index in [2.05, 4.69) is 0 Å². The van der Waals surface area contributed by atoms with Crippen molar-refractivity contribution in [3.63, 3.8) is 0 Å². The molecule has 3 heterocycles. The number of nitrogens with zero attached hydrogens (tertiary/aromatic N) is 2. The monoisotopic (exact) mass is 282 g/mol. The van der Waals surface area contributed by atoms with Gasteiger partial charge in [-0.25, -0.2) is 0 Å². The lowest BCUT2D eigenvalue weighted by Crippen LogP contribution is -2.58. The zero-order chi connectivity index (χ0) is 14.2. The van der Waals surface area contributed by atoms with E-state index in [1.54, 1.807) is 4.90 Å². The van der Waals surface area contributed by atoms with Crippen LogP contribution in [0.1, 0.15) is 19.3 Å². The zero-order valence-corrected chi connectivity index (χ0v) is 12.0. The Balaban J connectivity index is 1.56. The number of amides is 2. The van der Waals surface area contributed by atoms with Crippen LogP contribution in [0.2, 0.25) is 0 Å². The lowest BCUT2D eigenvalue weighted by molar-refractivity contribution is -0.171. The number of carbonyl (C=O) groups excluding carboxylic acids is 2. The molecule has 0 saturated carbocycles. The van der Waals surface area contributed by atoms with Gasteiger partial charge in [-0.1, -0.05) is 0 Å². The van der Waals surface area contributed by atoms with Gasteiger partial charge in [-0.3, -0.25) is 9.59 Å². The number of rotatable bonds is 1. The van der Waals surface area contributed by atoms with Gasteiger partial charge in [0.15, 0.2) is 0 Å². The Labute approximate surface area is 119 Å². The van der Waals surface area contributed by atoms with E-state index in [0.29, 0.717) is 19.8 Å². The highest BCUT2D eigenvalue weighted by molar-refractivity contribution is 5.79. The van der Waals surface area contributed by atoms with Crippen LogP contribution in [0.5, 0.6) is 0 Å². The Morgan fingerprint density at radius 3 is 2.70 bits per heavy atom. The molecular weight excluding hydrogens is 260 g/mol. The van der Waals surface area contributed by atoms with Crippen LogP contribution >= 0.6 is 0 Å². The van der Waals surface area contributed by atoms with Gasteiger partial charge in [-0.2, -0.15) is 0 Å². The van der Waals surface area contributed by atoms with Crippen molar-refractivity contribution in [3.05, 3.63) is 0 Å². The summed E-state index contributed by atoms with van der Waals surface area (Å²) in [5.41, 5.74) is -0.244. The van der Waals surface area contributed by atoms with Gasteiger partial charge in [0.25, 0.3) is 0 Å². The van der Waals surface area contributed by atoms with Crippen molar-refractivity contribution < 1.29 is 19.1 Å². The number of piperidine rings is 1. The molecule has 2 amide bonds. The third-order valence-electron chi connectivity index (χ3n) is 4.72. The molecule has 6 nitrogen and oxygen atoms in total. The summed E-state index contributed by atoms with van der Waals surface area (Å²) in [6, 6.07) is 0. The van der Waals surface area contributed by atoms with Crippen molar-refractivity contribution in [1.29, 1.82) is 0 Å². The van der Waals surface area contributed by atoms with Crippen LogP contribution in [-0.2, 0) is 19.1 Å². The van der Waals surface area contributed by atoms with Crippen molar-refractivity contribution >= 4 is 11.8 Å². The van der Waals surface area contributed by atoms with E-state index in [1.165, 1.54) is 0 Å². The summed E-state index contributed by atoms with van der Waals surface area (Å²) in [5, 5.41) is 0. The first-order valence-corrected chi connectivity index (χ1v) is 7.34. The molecule has 0 bridgehead atoms. The minimum Gasteiger partial charge on any atom is -0.381 e. The second kappa shape index (κ2) is 5.33. The summed E-state index contributed by atoms with van der Waals surface area (Å²) in [6.45, 7) is 3.51. The molecule has 0 radical (unpaired) electrons. The second-order valence-corrected chi connectivity index (χ2v) is 6.11. The Morgan fingerprint density at radius 1 is 1.35 bits per heavy atom. The van der Waals surface area contributed by atoms with Crippen molar-refractivity contribution in [2.24, 2.45) is 5.92 Å². The molecular formula is C14H22N2O4. The molecule has 112 valence electrons. The Morgan fingerprint density at radius 2 is 2.10 bits per heavy atom. The fourth-order valence-electron chi connectivity index (χ4n) is 3.32. The predicted molar refractivity (Wildman–Crippen MR) is 71.1 cm³/mol. The van der Waals surface area contributed by atoms with Gasteiger partial charge in [0.1, 0.15) is 6.61 Å². The van der Waals surface area contributed by atoms with Crippen molar-refractivity contribution in [1.82, 2.24) is 9.80 Å². The van der Waals surface area contributed by atoms with Crippen LogP contribution in [0.3, 0.4) is 0 Å². The first kappa shape index (κ1) is 13.8. The van der Waals surface area contributed by atoms with Crippen LogP contribution < -0.4 is 0 Å². The van der Waals surface area contributed by atoms with Gasteiger partial charge >= 0.3 is 0 Å². The molecule has 0 unspecified atom stereocenters. The first-order valence-electron chi connectivity index (χ1n) is 7.34. The van der Waals surface area contributed by atoms with E-state index >= 15 is 0 Å². The predicted octanol–water partition coefficient (Wildman–Crippen LogP) is -0.127. The van der Waals surface area contributed by atoms with E-state index in [1.807, 2.05) is 11.9 Å². The lowest BCUT2D eigenvalue weighted by atomic mass is 9.88. The molecule has 3 rings (SSSR count). The minimum absolute atomic E-state index is 0.0391. The summed E-state index contributed by atoms with van der Waals surface area (Å²) >= 11 is 0. The van der Waals surface area contributed by atoms with Gasteiger partial charge in [-0.05, 0) is 19.3 Å². The molecule has 1 spiro atoms. The van der Waals surface area contributed by atoms with Crippen LogP contribution in [0, 0.1) is 5.92 Å². The maximum Gasteiger partial charge on any atom is 0.248 e. The fourth-order valence-corrected chi connectivity index (χ4v) is 3.32. The number of likely N-dealkylation sites (tertiary alicyclic amines) is 1. The molecule has 1 atom stereocenters. The first-order chi connectivity index (χ1) is 9.60. The lowest BCUT2D eigenvalue weighted by Gasteiger charge is -2.46. The zero-order valence-electron chi connectivity index (χ0n) is 12.0. The molecule has 0 aromatic carbocycles. The van der Waals surface area contributed by atoms with E-state index in [4.69, 9.17) is 9.47 Å². The minimum atomic E-state index is -0.244. The van der Waals surface area contributed by atoms with E-state index in [-0.39, 0.29) is 29.9 Å². The summed E-state index contributed by atoms with van der Waals surface area (Å²) in [5.74, 6) is 0.301. The molecule has 0 aromatic rings. The Bertz CT molecular complexity index is 398. The molecule has 0 N–H and O–H groups in total. The molecule has 3 aliphatic rings. The highest BCUT2D eigenvalue weighted by Gasteiger charge is 2.42. The number of ether oxygens (including phenoxy) is 2. The highest BCUT2D eigenvalue weighted by atomic mass is 16.5. The number of carbonyl (C=O) groups is 2. The molecule has 3 aliphatic heterocycles. The Kier molecular flexibility index (Phi) is 3.69. The third-order valence-corrected chi connectivity index (χ3v) is 4.72. The van der Waals surface area contributed by atoms with Crippen LogP contribution in [0.4, 0.5) is 0 Å². The maximum absolute atomic E-state index is 12.3. The van der Waals surface area contributed by atoms with Gasteiger partial charge < -0.3 is 19.3 Å². The Hall–Kier alpha value is -1.14. The SMILES string of the molecule is CN1CC2(CCN(C(=O)[C@@H]3CCOC3)CC2)OCC1=O. The van der Waals surface area contributed by atoms with Crippen LogP contribution in [-0.4, -0.2) is 73.7 Å². The second-order valence-electron chi connectivity index (χ2n) is 6.11. The highest BCUT2D eigenvalue weighted by Crippen LogP contribution is 2.31. The maximum atomic E-state index is 12.3. The van der Waals surface area contributed by atoms with E-state index in [0.717, 1.165) is 32.4 Å². The van der Waals surface area contributed by atoms with Gasteiger partial charge in [0.05, 0.1) is 18.1 Å². The summed E-state index contributed by atoms with van der Waals surface area (Å²) in [6.07, 6.45) is 2.46. The number of morpholine rings is 1.